The number of H-pyrrole nitrogens is 1. The minimum atomic E-state index is -0.231. The van der Waals surface area contributed by atoms with E-state index in [1.807, 2.05) is 0 Å². The van der Waals surface area contributed by atoms with Gasteiger partial charge in [0, 0.05) is 16.5 Å². The summed E-state index contributed by atoms with van der Waals surface area (Å²) in [5.41, 5.74) is 1.30. The van der Waals surface area contributed by atoms with Crippen LogP contribution in [-0.2, 0) is 6.42 Å². The highest BCUT2D eigenvalue weighted by atomic mass is 79.9. The Morgan fingerprint density at radius 1 is 1.30 bits per heavy atom. The van der Waals surface area contributed by atoms with Gasteiger partial charge in [-0.3, -0.25) is 0 Å². The number of piperidine rings is 1. The second-order valence-corrected chi connectivity index (χ2v) is 6.18. The van der Waals surface area contributed by atoms with Gasteiger partial charge in [-0.2, -0.15) is 0 Å². The fourth-order valence-corrected chi connectivity index (χ4v) is 3.03. The molecule has 2 N–H and O–H groups in total. The van der Waals surface area contributed by atoms with Crippen LogP contribution in [0.25, 0.3) is 11.3 Å². The summed E-state index contributed by atoms with van der Waals surface area (Å²) < 4.78 is 14.7. The van der Waals surface area contributed by atoms with E-state index < -0.39 is 0 Å². The van der Waals surface area contributed by atoms with E-state index in [1.54, 1.807) is 18.3 Å². The molecule has 0 bridgehead atoms. The van der Waals surface area contributed by atoms with Gasteiger partial charge in [0.15, 0.2) is 0 Å². The molecule has 0 radical (unpaired) electrons. The highest BCUT2D eigenvalue weighted by Crippen LogP contribution is 2.25. The van der Waals surface area contributed by atoms with E-state index in [2.05, 4.69) is 31.2 Å². The van der Waals surface area contributed by atoms with E-state index in [0.29, 0.717) is 11.5 Å². The van der Waals surface area contributed by atoms with Crippen molar-refractivity contribution in [1.29, 1.82) is 0 Å². The maximum absolute atomic E-state index is 13.8. The number of hydrogen-bond acceptors (Lipinski definition) is 2. The van der Waals surface area contributed by atoms with Gasteiger partial charge < -0.3 is 10.3 Å². The zero-order valence-corrected chi connectivity index (χ0v) is 12.7. The van der Waals surface area contributed by atoms with Gasteiger partial charge in [0.2, 0.25) is 0 Å². The molecule has 5 heteroatoms. The highest BCUT2D eigenvalue weighted by Gasteiger charge is 2.16. The third kappa shape index (κ3) is 3.10. The number of aromatic amines is 1. The Labute approximate surface area is 126 Å². The molecule has 1 saturated heterocycles. The molecule has 2 heterocycles. The third-order valence-corrected chi connectivity index (χ3v) is 4.28. The van der Waals surface area contributed by atoms with Gasteiger partial charge in [-0.05, 0) is 50.0 Å². The predicted octanol–water partition coefficient (Wildman–Crippen LogP) is 3.52. The molecule has 1 aromatic heterocycles. The Morgan fingerprint density at radius 3 is 2.90 bits per heavy atom. The van der Waals surface area contributed by atoms with Crippen LogP contribution >= 0.6 is 15.9 Å². The van der Waals surface area contributed by atoms with Crippen molar-refractivity contribution in [3.63, 3.8) is 0 Å². The van der Waals surface area contributed by atoms with E-state index in [1.165, 1.54) is 18.9 Å². The average molecular weight is 338 g/mol. The molecule has 0 spiro atoms. The number of rotatable bonds is 3. The predicted molar refractivity (Wildman–Crippen MR) is 81.0 cm³/mol. The molecule has 20 heavy (non-hydrogen) atoms. The molecule has 2 aromatic rings. The summed E-state index contributed by atoms with van der Waals surface area (Å²) in [6.07, 6.45) is 5.03. The van der Waals surface area contributed by atoms with Crippen molar-refractivity contribution in [1.82, 2.24) is 15.3 Å². The summed E-state index contributed by atoms with van der Waals surface area (Å²) in [6.45, 7) is 2.16. The number of nitrogens with zero attached hydrogens (tertiary/aromatic N) is 1. The summed E-state index contributed by atoms with van der Waals surface area (Å²) in [4.78, 5) is 7.65. The molecule has 0 aliphatic carbocycles. The molecule has 106 valence electrons. The van der Waals surface area contributed by atoms with Crippen molar-refractivity contribution in [2.75, 3.05) is 13.1 Å². The maximum atomic E-state index is 13.8. The summed E-state index contributed by atoms with van der Waals surface area (Å²) in [7, 11) is 0. The monoisotopic (exact) mass is 337 g/mol. The summed E-state index contributed by atoms with van der Waals surface area (Å²) >= 11 is 3.37. The van der Waals surface area contributed by atoms with Gasteiger partial charge >= 0.3 is 0 Å². The van der Waals surface area contributed by atoms with Crippen LogP contribution in [0.5, 0.6) is 0 Å². The molecule has 0 saturated carbocycles. The molecule has 0 unspecified atom stereocenters. The summed E-state index contributed by atoms with van der Waals surface area (Å²) in [6, 6.07) is 4.94. The first-order valence-electron chi connectivity index (χ1n) is 6.92. The normalized spacial score (nSPS) is 16.5. The third-order valence-electron chi connectivity index (χ3n) is 3.79. The fourth-order valence-electron chi connectivity index (χ4n) is 2.67. The van der Waals surface area contributed by atoms with Crippen LogP contribution in [-0.4, -0.2) is 23.1 Å². The molecule has 0 atom stereocenters. The lowest BCUT2D eigenvalue weighted by atomic mass is 9.94. The first kappa shape index (κ1) is 13.8. The molecule has 0 amide bonds. The van der Waals surface area contributed by atoms with E-state index in [0.717, 1.165) is 35.5 Å². The standard InChI is InChI=1S/C15H17BrFN3/c16-11-1-2-13(17)12(8-11)14-9-19-15(20-14)7-10-3-5-18-6-4-10/h1-2,8-10,18H,3-7H2,(H,19,20). The molecule has 1 aliphatic heterocycles. The van der Waals surface area contributed by atoms with Gasteiger partial charge in [0.25, 0.3) is 0 Å². The zero-order chi connectivity index (χ0) is 13.9. The Hall–Kier alpha value is -1.20. The number of benzene rings is 1. The number of halogens is 2. The lowest BCUT2D eigenvalue weighted by Crippen LogP contribution is -2.28. The average Bonchev–Trinajstić information content (AvgIpc) is 2.91. The van der Waals surface area contributed by atoms with Crippen LogP contribution in [0.2, 0.25) is 0 Å². The van der Waals surface area contributed by atoms with Crippen molar-refractivity contribution in [2.45, 2.75) is 19.3 Å². The van der Waals surface area contributed by atoms with E-state index in [4.69, 9.17) is 0 Å². The smallest absolute Gasteiger partial charge is 0.132 e. The highest BCUT2D eigenvalue weighted by molar-refractivity contribution is 9.10. The lowest BCUT2D eigenvalue weighted by molar-refractivity contribution is 0.368. The largest absolute Gasteiger partial charge is 0.342 e. The van der Waals surface area contributed by atoms with Crippen LogP contribution in [0.1, 0.15) is 18.7 Å². The second kappa shape index (κ2) is 6.06. The zero-order valence-electron chi connectivity index (χ0n) is 11.1. The first-order valence-corrected chi connectivity index (χ1v) is 7.71. The molecule has 1 aliphatic rings. The summed E-state index contributed by atoms with van der Waals surface area (Å²) in [5, 5.41) is 3.36. The maximum Gasteiger partial charge on any atom is 0.132 e. The van der Waals surface area contributed by atoms with E-state index >= 15 is 0 Å². The van der Waals surface area contributed by atoms with Gasteiger partial charge in [0.05, 0.1) is 11.9 Å². The SMILES string of the molecule is Fc1ccc(Br)cc1-c1cnc(CC2CCNCC2)[nH]1. The first-order chi connectivity index (χ1) is 9.72. The minimum Gasteiger partial charge on any atom is -0.342 e. The Balaban J connectivity index is 1.77. The Bertz CT molecular complexity index is 591. The Morgan fingerprint density at radius 2 is 2.10 bits per heavy atom. The van der Waals surface area contributed by atoms with Crippen molar-refractivity contribution in [3.8, 4) is 11.3 Å². The number of aromatic nitrogens is 2. The topological polar surface area (TPSA) is 40.7 Å². The van der Waals surface area contributed by atoms with Crippen LogP contribution < -0.4 is 5.32 Å². The van der Waals surface area contributed by atoms with Crippen LogP contribution in [0, 0.1) is 11.7 Å². The summed E-state index contributed by atoms with van der Waals surface area (Å²) in [5.74, 6) is 1.39. The molecule has 3 rings (SSSR count). The lowest BCUT2D eigenvalue weighted by Gasteiger charge is -2.21. The molecule has 1 aromatic carbocycles. The van der Waals surface area contributed by atoms with E-state index in [9.17, 15) is 4.39 Å². The van der Waals surface area contributed by atoms with Gasteiger partial charge in [0.1, 0.15) is 11.6 Å². The molecule has 3 nitrogen and oxygen atoms in total. The minimum absolute atomic E-state index is 0.231. The molecular weight excluding hydrogens is 321 g/mol. The fraction of sp³-hybridized carbons (Fsp3) is 0.400. The van der Waals surface area contributed by atoms with Gasteiger partial charge in [-0.15, -0.1) is 0 Å². The molecule has 1 fully saturated rings. The van der Waals surface area contributed by atoms with Crippen molar-refractivity contribution in [3.05, 3.63) is 40.5 Å². The molecular formula is C15H17BrFN3. The van der Waals surface area contributed by atoms with Gasteiger partial charge in [-0.25, -0.2) is 9.37 Å². The number of imidazole rings is 1. The Kier molecular flexibility index (Phi) is 4.17. The van der Waals surface area contributed by atoms with Crippen molar-refractivity contribution < 1.29 is 4.39 Å². The van der Waals surface area contributed by atoms with Crippen LogP contribution in [0.15, 0.2) is 28.9 Å². The van der Waals surface area contributed by atoms with E-state index in [-0.39, 0.29) is 5.82 Å². The quantitative estimate of drug-likeness (QED) is 0.899. The second-order valence-electron chi connectivity index (χ2n) is 5.27. The number of hydrogen-bond donors (Lipinski definition) is 2. The van der Waals surface area contributed by atoms with Gasteiger partial charge in [-0.1, -0.05) is 15.9 Å². The van der Waals surface area contributed by atoms with Crippen molar-refractivity contribution >= 4 is 15.9 Å². The van der Waals surface area contributed by atoms with Crippen molar-refractivity contribution in [2.24, 2.45) is 5.92 Å². The van der Waals surface area contributed by atoms with Crippen LogP contribution in [0.4, 0.5) is 4.39 Å². The van der Waals surface area contributed by atoms with Crippen LogP contribution in [0.3, 0.4) is 0 Å². The number of nitrogens with one attached hydrogen (secondary N) is 2.